The first-order valence-electron chi connectivity index (χ1n) is 6.39. The second-order valence-electron chi connectivity index (χ2n) is 5.02. The zero-order valence-corrected chi connectivity index (χ0v) is 11.4. The first-order valence-corrected chi connectivity index (χ1v) is 6.77. The summed E-state index contributed by atoms with van der Waals surface area (Å²) < 4.78 is 13.5. The lowest BCUT2D eigenvalue weighted by atomic mass is 9.99. The van der Waals surface area contributed by atoms with Gasteiger partial charge in [0.25, 0.3) is 5.69 Å². The second-order valence-corrected chi connectivity index (χ2v) is 5.43. The molecule has 0 radical (unpaired) electrons. The number of hydrogen-bond donors (Lipinski definition) is 1. The molecular weight excluding hydrogens is 271 g/mol. The predicted octanol–water partition coefficient (Wildman–Crippen LogP) is 4.38. The van der Waals surface area contributed by atoms with Gasteiger partial charge in [0, 0.05) is 18.2 Å². The zero-order valence-electron chi connectivity index (χ0n) is 10.7. The molecule has 1 saturated carbocycles. The van der Waals surface area contributed by atoms with E-state index in [1.165, 1.54) is 12.8 Å². The summed E-state index contributed by atoms with van der Waals surface area (Å²) in [4.78, 5) is 10.4. The molecule has 1 fully saturated rings. The molecule has 6 heteroatoms. The highest BCUT2D eigenvalue weighted by atomic mass is 35.5. The molecule has 0 heterocycles. The van der Waals surface area contributed by atoms with E-state index in [4.69, 9.17) is 11.6 Å². The van der Waals surface area contributed by atoms with Crippen molar-refractivity contribution in [2.75, 3.05) is 5.32 Å². The molecule has 0 spiro atoms. The lowest BCUT2D eigenvalue weighted by Gasteiger charge is -2.21. The van der Waals surface area contributed by atoms with Crippen LogP contribution in [0, 0.1) is 21.8 Å². The molecule has 19 heavy (non-hydrogen) atoms. The van der Waals surface area contributed by atoms with Gasteiger partial charge in [-0.2, -0.15) is 0 Å². The smallest absolute Gasteiger partial charge is 0.294 e. The number of hydrogen-bond acceptors (Lipinski definition) is 3. The molecule has 104 valence electrons. The van der Waals surface area contributed by atoms with Crippen LogP contribution in [0.3, 0.4) is 0 Å². The Morgan fingerprint density at radius 3 is 2.68 bits per heavy atom. The molecule has 0 aliphatic heterocycles. The molecular formula is C13H16ClFN2O2. The van der Waals surface area contributed by atoms with Crippen LogP contribution in [0.25, 0.3) is 0 Å². The zero-order chi connectivity index (χ0) is 14.0. The third-order valence-electron chi connectivity index (χ3n) is 3.73. The number of halogens is 2. The van der Waals surface area contributed by atoms with Crippen molar-refractivity contribution in [1.29, 1.82) is 0 Å². The maximum absolute atomic E-state index is 13.5. The number of rotatable bonds is 4. The van der Waals surface area contributed by atoms with Crippen LogP contribution in [0.1, 0.15) is 32.6 Å². The van der Waals surface area contributed by atoms with Gasteiger partial charge in [0.1, 0.15) is 11.5 Å². The molecule has 4 nitrogen and oxygen atoms in total. The summed E-state index contributed by atoms with van der Waals surface area (Å²) in [7, 11) is 0. The summed E-state index contributed by atoms with van der Waals surface area (Å²) in [5.41, 5.74) is 0.0162. The molecule has 1 N–H and O–H groups in total. The standard InChI is InChI=1S/C13H16ClFN2O2/c1-8(9-4-2-3-5-9)16-12-7-11(15)10(14)6-13(12)17(18)19/h6-9,16H,2-5H2,1H3. The lowest BCUT2D eigenvalue weighted by molar-refractivity contribution is -0.384. The predicted molar refractivity (Wildman–Crippen MR) is 73.1 cm³/mol. The topological polar surface area (TPSA) is 55.2 Å². The highest BCUT2D eigenvalue weighted by molar-refractivity contribution is 6.31. The molecule has 2 rings (SSSR count). The van der Waals surface area contributed by atoms with Crippen LogP contribution in [0.5, 0.6) is 0 Å². The fourth-order valence-electron chi connectivity index (χ4n) is 2.62. The Balaban J connectivity index is 2.22. The highest BCUT2D eigenvalue weighted by Crippen LogP contribution is 2.34. The van der Waals surface area contributed by atoms with Crippen molar-refractivity contribution in [3.05, 3.63) is 33.1 Å². The van der Waals surface area contributed by atoms with Crippen LogP contribution in [-0.4, -0.2) is 11.0 Å². The molecule has 0 saturated heterocycles. The van der Waals surface area contributed by atoms with Gasteiger partial charge in [-0.15, -0.1) is 0 Å². The van der Waals surface area contributed by atoms with Crippen molar-refractivity contribution in [2.45, 2.75) is 38.6 Å². The highest BCUT2D eigenvalue weighted by Gasteiger charge is 2.25. The molecule has 1 unspecified atom stereocenters. The van der Waals surface area contributed by atoms with E-state index in [0.29, 0.717) is 5.92 Å². The number of nitro groups is 1. The summed E-state index contributed by atoms with van der Waals surface area (Å²) in [5, 5.41) is 13.8. The third kappa shape index (κ3) is 3.15. The van der Waals surface area contributed by atoms with Crippen LogP contribution in [0.15, 0.2) is 12.1 Å². The van der Waals surface area contributed by atoms with Crippen LogP contribution in [-0.2, 0) is 0 Å². The average Bonchev–Trinajstić information content (AvgIpc) is 2.86. The van der Waals surface area contributed by atoms with Gasteiger partial charge in [0.05, 0.1) is 9.95 Å². The summed E-state index contributed by atoms with van der Waals surface area (Å²) in [6, 6.07) is 2.24. The Morgan fingerprint density at radius 1 is 1.47 bits per heavy atom. The van der Waals surface area contributed by atoms with Crippen molar-refractivity contribution in [1.82, 2.24) is 0 Å². The van der Waals surface area contributed by atoms with Gasteiger partial charge in [-0.25, -0.2) is 4.39 Å². The van der Waals surface area contributed by atoms with E-state index in [9.17, 15) is 14.5 Å². The Bertz CT molecular complexity index is 490. The van der Waals surface area contributed by atoms with Gasteiger partial charge in [-0.3, -0.25) is 10.1 Å². The SMILES string of the molecule is CC(Nc1cc(F)c(Cl)cc1[N+](=O)[O-])C1CCCC1. The largest absolute Gasteiger partial charge is 0.377 e. The minimum Gasteiger partial charge on any atom is -0.377 e. The third-order valence-corrected chi connectivity index (χ3v) is 4.02. The van der Waals surface area contributed by atoms with Gasteiger partial charge in [-0.1, -0.05) is 24.4 Å². The number of benzene rings is 1. The fourth-order valence-corrected chi connectivity index (χ4v) is 2.78. The Kier molecular flexibility index (Phi) is 4.24. The van der Waals surface area contributed by atoms with Crippen molar-refractivity contribution >= 4 is 23.0 Å². The molecule has 0 aromatic heterocycles. The van der Waals surface area contributed by atoms with Crippen molar-refractivity contribution in [3.63, 3.8) is 0 Å². The Morgan fingerprint density at radius 2 is 2.11 bits per heavy atom. The van der Waals surface area contributed by atoms with Gasteiger partial charge in [0.2, 0.25) is 0 Å². The minimum atomic E-state index is -0.645. The van der Waals surface area contributed by atoms with Crippen LogP contribution in [0.2, 0.25) is 5.02 Å². The van der Waals surface area contributed by atoms with Gasteiger partial charge in [0.15, 0.2) is 0 Å². The maximum Gasteiger partial charge on any atom is 0.294 e. The number of nitro benzene ring substituents is 1. The number of anilines is 1. The molecule has 1 atom stereocenters. The fraction of sp³-hybridized carbons (Fsp3) is 0.538. The molecule has 0 bridgehead atoms. The van der Waals surface area contributed by atoms with Gasteiger partial charge < -0.3 is 5.32 Å². The van der Waals surface area contributed by atoms with E-state index in [2.05, 4.69) is 5.32 Å². The van der Waals surface area contributed by atoms with Crippen LogP contribution >= 0.6 is 11.6 Å². The molecule has 1 aromatic carbocycles. The number of nitrogens with zero attached hydrogens (tertiary/aromatic N) is 1. The van der Waals surface area contributed by atoms with Crippen molar-refractivity contribution in [2.24, 2.45) is 5.92 Å². The first kappa shape index (κ1) is 14.1. The maximum atomic E-state index is 13.5. The molecule has 0 amide bonds. The van der Waals surface area contributed by atoms with E-state index in [0.717, 1.165) is 25.0 Å². The van der Waals surface area contributed by atoms with Crippen molar-refractivity contribution in [3.8, 4) is 0 Å². The summed E-state index contributed by atoms with van der Waals surface area (Å²) in [5.74, 6) is -0.160. The Labute approximate surface area is 116 Å². The summed E-state index contributed by atoms with van der Waals surface area (Å²) in [6.07, 6.45) is 4.59. The van der Waals surface area contributed by atoms with Crippen LogP contribution < -0.4 is 5.32 Å². The van der Waals surface area contributed by atoms with Crippen molar-refractivity contribution < 1.29 is 9.31 Å². The van der Waals surface area contributed by atoms with E-state index in [1.807, 2.05) is 6.92 Å². The molecule has 1 aromatic rings. The lowest BCUT2D eigenvalue weighted by Crippen LogP contribution is -2.24. The quantitative estimate of drug-likeness (QED) is 0.660. The molecule has 1 aliphatic carbocycles. The summed E-state index contributed by atoms with van der Waals surface area (Å²) in [6.45, 7) is 1.98. The second kappa shape index (κ2) is 5.74. The minimum absolute atomic E-state index is 0.0850. The number of nitrogens with one attached hydrogen (secondary N) is 1. The first-order chi connectivity index (χ1) is 8.99. The normalized spacial score (nSPS) is 17.4. The monoisotopic (exact) mass is 286 g/mol. The Hall–Kier alpha value is -1.36. The molecule has 1 aliphatic rings. The van der Waals surface area contributed by atoms with E-state index in [1.54, 1.807) is 0 Å². The van der Waals surface area contributed by atoms with Gasteiger partial charge in [-0.05, 0) is 25.7 Å². The van der Waals surface area contributed by atoms with E-state index < -0.39 is 10.7 Å². The van der Waals surface area contributed by atoms with Gasteiger partial charge >= 0.3 is 0 Å². The average molecular weight is 287 g/mol. The van der Waals surface area contributed by atoms with E-state index >= 15 is 0 Å². The van der Waals surface area contributed by atoms with Crippen LogP contribution in [0.4, 0.5) is 15.8 Å². The summed E-state index contributed by atoms with van der Waals surface area (Å²) >= 11 is 5.59. The van der Waals surface area contributed by atoms with E-state index in [-0.39, 0.29) is 22.4 Å².